The molecule has 8 heteroatoms. The molecule has 0 saturated heterocycles. The molecule has 0 unspecified atom stereocenters. The van der Waals surface area contributed by atoms with Gasteiger partial charge in [0.2, 0.25) is 5.91 Å². The van der Waals surface area contributed by atoms with Crippen molar-refractivity contribution in [3.8, 4) is 11.5 Å². The lowest BCUT2D eigenvalue weighted by Crippen LogP contribution is -2.30. The Hall–Kier alpha value is -3.94. The molecule has 1 amide bonds. The number of aryl methyl sites for hydroxylation is 1. The zero-order valence-electron chi connectivity index (χ0n) is 15.0. The van der Waals surface area contributed by atoms with Gasteiger partial charge in [0, 0.05) is 17.4 Å². The zero-order chi connectivity index (χ0) is 20.1. The molecule has 8 nitrogen and oxygen atoms in total. The smallest absolute Gasteiger partial charge is 0.334 e. The quantitative estimate of drug-likeness (QED) is 0.521. The predicted octanol–water partition coefficient (Wildman–Crippen LogP) is 3.50. The number of hydrogen-bond acceptors (Lipinski definition) is 5. The first kappa shape index (κ1) is 18.8. The highest BCUT2D eigenvalue weighted by molar-refractivity contribution is 5.90. The Morgan fingerprint density at radius 2 is 1.68 bits per heavy atom. The number of rotatable bonds is 6. The minimum absolute atomic E-state index is 0.325. The summed E-state index contributed by atoms with van der Waals surface area (Å²) >= 11 is 0. The summed E-state index contributed by atoms with van der Waals surface area (Å²) in [6.07, 6.45) is 0. The van der Waals surface area contributed by atoms with Crippen molar-refractivity contribution in [3.63, 3.8) is 0 Å². The highest BCUT2D eigenvalue weighted by Crippen LogP contribution is 2.22. The van der Waals surface area contributed by atoms with Crippen LogP contribution in [0.15, 0.2) is 71.5 Å². The van der Waals surface area contributed by atoms with Gasteiger partial charge in [0.1, 0.15) is 18.0 Å². The molecular weight excluding hydrogens is 362 g/mol. The number of amides is 1. The zero-order valence-corrected chi connectivity index (χ0v) is 15.0. The SMILES string of the molecule is Cc1ccc([N+](=O)[O-])c(=O)n1CC(=O)Nc1ccc(Oc2ccccc2)cc1. The molecule has 2 aromatic carbocycles. The van der Waals surface area contributed by atoms with E-state index >= 15 is 0 Å². The van der Waals surface area contributed by atoms with Gasteiger partial charge in [0.15, 0.2) is 0 Å². The molecule has 0 fully saturated rings. The van der Waals surface area contributed by atoms with Gasteiger partial charge >= 0.3 is 11.2 Å². The molecule has 1 aromatic heterocycles. The van der Waals surface area contributed by atoms with Gasteiger partial charge in [-0.05, 0) is 49.4 Å². The number of anilines is 1. The number of ether oxygens (including phenoxy) is 1. The highest BCUT2D eigenvalue weighted by Gasteiger charge is 2.17. The summed E-state index contributed by atoms with van der Waals surface area (Å²) in [5, 5.41) is 13.6. The average molecular weight is 379 g/mol. The molecule has 0 bridgehead atoms. The van der Waals surface area contributed by atoms with Gasteiger partial charge in [0.25, 0.3) is 0 Å². The third kappa shape index (κ3) is 4.42. The van der Waals surface area contributed by atoms with E-state index < -0.39 is 22.1 Å². The van der Waals surface area contributed by atoms with Crippen molar-refractivity contribution < 1.29 is 14.5 Å². The Kier molecular flexibility index (Phi) is 5.50. The Morgan fingerprint density at radius 3 is 2.32 bits per heavy atom. The summed E-state index contributed by atoms with van der Waals surface area (Å²) in [7, 11) is 0. The Bertz CT molecular complexity index is 1060. The van der Waals surface area contributed by atoms with Crippen molar-refractivity contribution in [2.75, 3.05) is 5.32 Å². The van der Waals surface area contributed by atoms with Gasteiger partial charge in [-0.3, -0.25) is 24.3 Å². The van der Waals surface area contributed by atoms with Gasteiger partial charge in [-0.2, -0.15) is 0 Å². The number of carbonyl (C=O) groups is 1. The topological polar surface area (TPSA) is 103 Å². The van der Waals surface area contributed by atoms with Crippen molar-refractivity contribution in [3.05, 3.63) is 92.9 Å². The van der Waals surface area contributed by atoms with Gasteiger partial charge in [0.05, 0.1) is 4.92 Å². The molecule has 0 spiro atoms. The van der Waals surface area contributed by atoms with Crippen LogP contribution in [0.4, 0.5) is 11.4 Å². The van der Waals surface area contributed by atoms with Crippen molar-refractivity contribution in [1.82, 2.24) is 4.57 Å². The molecule has 0 aliphatic carbocycles. The van der Waals surface area contributed by atoms with Crippen LogP contribution < -0.4 is 15.6 Å². The minimum Gasteiger partial charge on any atom is -0.457 e. The van der Waals surface area contributed by atoms with Crippen LogP contribution in [0.1, 0.15) is 5.69 Å². The molecule has 1 heterocycles. The summed E-state index contributed by atoms with van der Waals surface area (Å²) in [5.41, 5.74) is -0.411. The minimum atomic E-state index is -0.813. The van der Waals surface area contributed by atoms with Crippen molar-refractivity contribution in [2.24, 2.45) is 0 Å². The standard InChI is InChI=1S/C20H17N3O5/c1-14-7-12-18(23(26)27)20(25)22(14)13-19(24)21-15-8-10-17(11-9-15)28-16-5-3-2-4-6-16/h2-12H,13H2,1H3,(H,21,24). The average Bonchev–Trinajstić information content (AvgIpc) is 2.67. The second kappa shape index (κ2) is 8.17. The number of pyridine rings is 1. The van der Waals surface area contributed by atoms with Crippen LogP contribution in [-0.2, 0) is 11.3 Å². The Morgan fingerprint density at radius 1 is 1.04 bits per heavy atom. The lowest BCUT2D eigenvalue weighted by molar-refractivity contribution is -0.386. The summed E-state index contributed by atoms with van der Waals surface area (Å²) in [4.78, 5) is 34.6. The molecule has 28 heavy (non-hydrogen) atoms. The summed E-state index contributed by atoms with van der Waals surface area (Å²) < 4.78 is 6.75. The first-order chi connectivity index (χ1) is 13.4. The molecule has 3 rings (SSSR count). The van der Waals surface area contributed by atoms with E-state index in [1.54, 1.807) is 31.2 Å². The Balaban J connectivity index is 1.68. The molecule has 142 valence electrons. The maximum Gasteiger partial charge on any atom is 0.334 e. The third-order valence-electron chi connectivity index (χ3n) is 3.99. The van der Waals surface area contributed by atoms with Crippen LogP contribution in [0, 0.1) is 17.0 Å². The second-order valence-corrected chi connectivity index (χ2v) is 6.00. The van der Waals surface area contributed by atoms with Crippen LogP contribution >= 0.6 is 0 Å². The summed E-state index contributed by atoms with van der Waals surface area (Å²) in [5.74, 6) is 0.831. The maximum absolute atomic E-state index is 12.3. The Labute approximate surface area is 160 Å². The molecule has 3 aromatic rings. The summed E-state index contributed by atoms with van der Waals surface area (Å²) in [6, 6.07) is 18.6. The molecule has 0 aliphatic rings. The molecule has 0 aliphatic heterocycles. The predicted molar refractivity (Wildman–Crippen MR) is 104 cm³/mol. The monoisotopic (exact) mass is 379 g/mol. The van der Waals surface area contributed by atoms with E-state index in [9.17, 15) is 19.7 Å². The van der Waals surface area contributed by atoms with Crippen LogP contribution in [0.3, 0.4) is 0 Å². The molecule has 0 atom stereocenters. The van der Waals surface area contributed by atoms with E-state index in [0.717, 1.165) is 10.6 Å². The van der Waals surface area contributed by atoms with Crippen LogP contribution in [0.5, 0.6) is 11.5 Å². The van der Waals surface area contributed by atoms with Crippen molar-refractivity contribution >= 4 is 17.3 Å². The van der Waals surface area contributed by atoms with E-state index in [-0.39, 0.29) is 6.54 Å². The number of nitrogens with one attached hydrogen (secondary N) is 1. The lowest BCUT2D eigenvalue weighted by Gasteiger charge is -2.11. The van der Waals surface area contributed by atoms with Crippen LogP contribution in [-0.4, -0.2) is 15.4 Å². The number of aromatic nitrogens is 1. The van der Waals surface area contributed by atoms with Gasteiger partial charge < -0.3 is 10.1 Å². The normalized spacial score (nSPS) is 10.3. The first-order valence-electron chi connectivity index (χ1n) is 8.41. The maximum atomic E-state index is 12.3. The van der Waals surface area contributed by atoms with Crippen molar-refractivity contribution in [2.45, 2.75) is 13.5 Å². The number of hydrogen-bond donors (Lipinski definition) is 1. The van der Waals surface area contributed by atoms with Crippen LogP contribution in [0.2, 0.25) is 0 Å². The number of nitrogens with zero attached hydrogens (tertiary/aromatic N) is 2. The number of benzene rings is 2. The van der Waals surface area contributed by atoms with E-state index in [0.29, 0.717) is 22.9 Å². The van der Waals surface area contributed by atoms with E-state index in [1.165, 1.54) is 6.07 Å². The number of nitro groups is 1. The van der Waals surface area contributed by atoms with Gasteiger partial charge in [-0.25, -0.2) is 0 Å². The highest BCUT2D eigenvalue weighted by atomic mass is 16.6. The largest absolute Gasteiger partial charge is 0.457 e. The third-order valence-corrected chi connectivity index (χ3v) is 3.99. The fraction of sp³-hybridized carbons (Fsp3) is 0.100. The number of para-hydroxylation sites is 1. The molecule has 0 radical (unpaired) electrons. The molecule has 1 N–H and O–H groups in total. The second-order valence-electron chi connectivity index (χ2n) is 6.00. The van der Waals surface area contributed by atoms with Crippen molar-refractivity contribution in [1.29, 1.82) is 0 Å². The molecular formula is C20H17N3O5. The van der Waals surface area contributed by atoms with Gasteiger partial charge in [-0.15, -0.1) is 0 Å². The lowest BCUT2D eigenvalue weighted by atomic mass is 10.3. The van der Waals surface area contributed by atoms with E-state index in [2.05, 4.69) is 5.32 Å². The fourth-order valence-corrected chi connectivity index (χ4v) is 2.57. The van der Waals surface area contributed by atoms with Gasteiger partial charge in [-0.1, -0.05) is 18.2 Å². The first-order valence-corrected chi connectivity index (χ1v) is 8.41. The molecule has 0 saturated carbocycles. The van der Waals surface area contributed by atoms with Crippen LogP contribution in [0.25, 0.3) is 0 Å². The van der Waals surface area contributed by atoms with E-state index in [4.69, 9.17) is 4.74 Å². The van der Waals surface area contributed by atoms with E-state index in [1.807, 2.05) is 30.3 Å². The summed E-state index contributed by atoms with van der Waals surface area (Å²) in [6.45, 7) is 1.28. The fourth-order valence-electron chi connectivity index (χ4n) is 2.57. The number of carbonyl (C=O) groups excluding carboxylic acids is 1.